The molecule has 1 atom stereocenters. The topological polar surface area (TPSA) is 142 Å². The van der Waals surface area contributed by atoms with Crippen LogP contribution in [0, 0.1) is 10.1 Å². The number of nitro benzene ring substituents is 1. The number of benzene rings is 1. The molecule has 11 nitrogen and oxygen atoms in total. The van der Waals surface area contributed by atoms with E-state index >= 15 is 0 Å². The van der Waals surface area contributed by atoms with E-state index < -0.39 is 44.2 Å². The van der Waals surface area contributed by atoms with Crippen LogP contribution in [0.5, 0.6) is 0 Å². The first-order valence-corrected chi connectivity index (χ1v) is 10.9. The maximum atomic E-state index is 12.9. The van der Waals surface area contributed by atoms with Crippen LogP contribution in [0.2, 0.25) is 0 Å². The highest BCUT2D eigenvalue weighted by atomic mass is 32.2. The van der Waals surface area contributed by atoms with E-state index in [4.69, 9.17) is 0 Å². The van der Waals surface area contributed by atoms with Crippen molar-refractivity contribution in [1.29, 1.82) is 0 Å². The van der Waals surface area contributed by atoms with Gasteiger partial charge >= 0.3 is 6.03 Å². The zero-order chi connectivity index (χ0) is 22.7. The summed E-state index contributed by atoms with van der Waals surface area (Å²) in [6, 6.07) is 3.96. The van der Waals surface area contributed by atoms with E-state index in [0.29, 0.717) is 0 Å². The van der Waals surface area contributed by atoms with Gasteiger partial charge in [-0.25, -0.2) is 13.2 Å². The quantitative estimate of drug-likeness (QED) is 0.511. The van der Waals surface area contributed by atoms with Crippen LogP contribution in [-0.4, -0.2) is 72.2 Å². The summed E-state index contributed by atoms with van der Waals surface area (Å²) in [5, 5.41) is 16.1. The number of piperazine rings is 1. The fourth-order valence-electron chi connectivity index (χ4n) is 3.05. The first-order valence-electron chi connectivity index (χ1n) is 9.43. The molecule has 0 saturated carbocycles. The van der Waals surface area contributed by atoms with Crippen LogP contribution >= 0.6 is 0 Å². The molecule has 1 aliphatic heterocycles. The Kier molecular flexibility index (Phi) is 7.16. The highest BCUT2D eigenvalue weighted by Gasteiger charge is 2.35. The van der Waals surface area contributed by atoms with Gasteiger partial charge in [-0.05, 0) is 33.8 Å². The molecule has 166 valence electrons. The van der Waals surface area contributed by atoms with Crippen molar-refractivity contribution in [2.75, 3.05) is 26.2 Å². The number of urea groups is 1. The molecule has 3 amide bonds. The Morgan fingerprint density at radius 2 is 1.70 bits per heavy atom. The normalized spacial score (nSPS) is 17.2. The molecule has 0 bridgehead atoms. The molecule has 1 fully saturated rings. The number of nitro groups is 1. The number of amides is 3. The molecule has 0 aliphatic carbocycles. The summed E-state index contributed by atoms with van der Waals surface area (Å²) in [4.78, 5) is 36.1. The number of imide groups is 1. The second-order valence-electron chi connectivity index (χ2n) is 8.03. The second kappa shape index (κ2) is 9.06. The number of nitrogens with zero attached hydrogens (tertiary/aromatic N) is 3. The lowest BCUT2D eigenvalue weighted by Gasteiger charge is -2.36. The predicted molar refractivity (Wildman–Crippen MR) is 109 cm³/mol. The van der Waals surface area contributed by atoms with Gasteiger partial charge in [0.25, 0.3) is 5.69 Å². The Morgan fingerprint density at radius 3 is 2.23 bits per heavy atom. The molecule has 12 heteroatoms. The smallest absolute Gasteiger partial charge is 0.321 e. The average Bonchev–Trinajstić information content (AvgIpc) is 2.65. The Hall–Kier alpha value is -2.57. The van der Waals surface area contributed by atoms with E-state index in [0.717, 1.165) is 6.07 Å². The number of hydrogen-bond acceptors (Lipinski definition) is 7. The Bertz CT molecular complexity index is 919. The number of sulfonamides is 1. The van der Waals surface area contributed by atoms with Crippen LogP contribution in [-0.2, 0) is 14.8 Å². The van der Waals surface area contributed by atoms with Crippen LogP contribution < -0.4 is 10.6 Å². The highest BCUT2D eigenvalue weighted by molar-refractivity contribution is 7.89. The largest absolute Gasteiger partial charge is 0.333 e. The zero-order valence-corrected chi connectivity index (χ0v) is 18.2. The van der Waals surface area contributed by atoms with Gasteiger partial charge in [-0.15, -0.1) is 0 Å². The fourth-order valence-corrected chi connectivity index (χ4v) is 4.63. The summed E-state index contributed by atoms with van der Waals surface area (Å²) in [6.07, 6.45) is 0. The lowest BCUT2D eigenvalue weighted by Crippen LogP contribution is -2.57. The third-order valence-electron chi connectivity index (χ3n) is 4.61. The van der Waals surface area contributed by atoms with Crippen molar-refractivity contribution < 1.29 is 22.9 Å². The monoisotopic (exact) mass is 441 g/mol. The molecule has 2 rings (SSSR count). The molecule has 1 aliphatic rings. The molecule has 1 saturated heterocycles. The first kappa shape index (κ1) is 23.7. The number of carbonyl (C=O) groups is 2. The second-order valence-corrected chi connectivity index (χ2v) is 9.94. The third-order valence-corrected chi connectivity index (χ3v) is 6.55. The molecular formula is C18H27N5O6S. The van der Waals surface area contributed by atoms with Crippen molar-refractivity contribution in [3.05, 3.63) is 34.4 Å². The van der Waals surface area contributed by atoms with Gasteiger partial charge in [0.05, 0.1) is 11.0 Å². The van der Waals surface area contributed by atoms with Gasteiger partial charge in [0.2, 0.25) is 15.9 Å². The summed E-state index contributed by atoms with van der Waals surface area (Å²) in [5.74, 6) is -0.494. The maximum absolute atomic E-state index is 12.9. The Morgan fingerprint density at radius 1 is 1.13 bits per heavy atom. The van der Waals surface area contributed by atoms with E-state index in [-0.39, 0.29) is 31.1 Å². The molecule has 0 aromatic heterocycles. The van der Waals surface area contributed by atoms with Crippen LogP contribution in [0.15, 0.2) is 29.2 Å². The maximum Gasteiger partial charge on any atom is 0.321 e. The van der Waals surface area contributed by atoms with Gasteiger partial charge in [-0.1, -0.05) is 12.1 Å². The number of nitrogens with one attached hydrogen (secondary N) is 2. The summed E-state index contributed by atoms with van der Waals surface area (Å²) in [7, 11) is -4.05. The van der Waals surface area contributed by atoms with Crippen molar-refractivity contribution in [3.8, 4) is 0 Å². The molecule has 1 heterocycles. The molecule has 2 N–H and O–H groups in total. The van der Waals surface area contributed by atoms with E-state index in [1.54, 1.807) is 32.6 Å². The van der Waals surface area contributed by atoms with Crippen molar-refractivity contribution in [3.63, 3.8) is 0 Å². The van der Waals surface area contributed by atoms with E-state index in [9.17, 15) is 28.1 Å². The summed E-state index contributed by atoms with van der Waals surface area (Å²) in [6.45, 7) is 7.63. The summed E-state index contributed by atoms with van der Waals surface area (Å²) >= 11 is 0. The van der Waals surface area contributed by atoms with Gasteiger partial charge in [0.1, 0.15) is 0 Å². The van der Waals surface area contributed by atoms with E-state index in [2.05, 4.69) is 10.6 Å². The minimum atomic E-state index is -4.05. The SMILES string of the molecule is CC(C(=O)NC(=O)NC(C)(C)C)N1CCN(S(=O)(=O)c2ccccc2[N+](=O)[O-])CC1. The van der Waals surface area contributed by atoms with Gasteiger partial charge in [0, 0.05) is 37.8 Å². The van der Waals surface area contributed by atoms with Crippen molar-refractivity contribution in [1.82, 2.24) is 19.8 Å². The molecule has 30 heavy (non-hydrogen) atoms. The minimum Gasteiger partial charge on any atom is -0.333 e. The van der Waals surface area contributed by atoms with Crippen molar-refractivity contribution >= 4 is 27.6 Å². The van der Waals surface area contributed by atoms with Gasteiger partial charge in [-0.3, -0.25) is 25.1 Å². The minimum absolute atomic E-state index is 0.0696. The summed E-state index contributed by atoms with van der Waals surface area (Å²) < 4.78 is 26.9. The molecule has 0 radical (unpaired) electrons. The fraction of sp³-hybridized carbons (Fsp3) is 0.556. The lowest BCUT2D eigenvalue weighted by atomic mass is 10.1. The van der Waals surface area contributed by atoms with Crippen LogP contribution in [0.25, 0.3) is 0 Å². The van der Waals surface area contributed by atoms with Crippen LogP contribution in [0.3, 0.4) is 0 Å². The number of rotatable bonds is 5. The van der Waals surface area contributed by atoms with Gasteiger partial charge < -0.3 is 5.32 Å². The standard InChI is InChI=1S/C18H27N5O6S/c1-13(16(24)19-17(25)20-18(2,3)4)21-9-11-22(12-10-21)30(28,29)15-8-6-5-7-14(15)23(26)27/h5-8,13H,9-12H2,1-4H3,(H2,19,20,24,25). The molecule has 1 unspecified atom stereocenters. The van der Waals surface area contributed by atoms with Crippen LogP contribution in [0.4, 0.5) is 10.5 Å². The number of carbonyl (C=O) groups excluding carboxylic acids is 2. The van der Waals surface area contributed by atoms with Crippen molar-refractivity contribution in [2.24, 2.45) is 0 Å². The number of para-hydroxylation sites is 1. The highest BCUT2D eigenvalue weighted by Crippen LogP contribution is 2.27. The molecular weight excluding hydrogens is 414 g/mol. The molecule has 0 spiro atoms. The molecule has 1 aromatic carbocycles. The van der Waals surface area contributed by atoms with E-state index in [1.807, 2.05) is 0 Å². The third kappa shape index (κ3) is 5.74. The predicted octanol–water partition coefficient (Wildman–Crippen LogP) is 0.914. The van der Waals surface area contributed by atoms with Crippen molar-refractivity contribution in [2.45, 2.75) is 44.2 Å². The van der Waals surface area contributed by atoms with E-state index in [1.165, 1.54) is 22.5 Å². The van der Waals surface area contributed by atoms with Gasteiger partial charge in [0.15, 0.2) is 4.90 Å². The zero-order valence-electron chi connectivity index (χ0n) is 17.4. The molecule has 1 aromatic rings. The Labute approximate surface area is 175 Å². The first-order chi connectivity index (χ1) is 13.8. The average molecular weight is 442 g/mol. The number of hydrogen-bond donors (Lipinski definition) is 2. The van der Waals surface area contributed by atoms with Gasteiger partial charge in [-0.2, -0.15) is 4.31 Å². The Balaban J connectivity index is 2.01. The summed E-state index contributed by atoms with van der Waals surface area (Å²) in [5.41, 5.74) is -0.967. The lowest BCUT2D eigenvalue weighted by molar-refractivity contribution is -0.387. The van der Waals surface area contributed by atoms with Crippen LogP contribution in [0.1, 0.15) is 27.7 Å².